The van der Waals surface area contributed by atoms with Crippen molar-refractivity contribution in [1.29, 1.82) is 0 Å². The predicted octanol–water partition coefficient (Wildman–Crippen LogP) is 4.74. The molecule has 0 spiro atoms. The van der Waals surface area contributed by atoms with E-state index in [0.29, 0.717) is 14.5 Å². The molecule has 0 atom stereocenters. The minimum absolute atomic E-state index is 0.224. The van der Waals surface area contributed by atoms with Crippen LogP contribution < -0.4 is 5.32 Å². The summed E-state index contributed by atoms with van der Waals surface area (Å²) in [6.45, 7) is 0. The third-order valence-corrected chi connectivity index (χ3v) is 5.43. The highest BCUT2D eigenvalue weighted by molar-refractivity contribution is 8.01. The number of fused-ring (bicyclic) bond motifs is 1. The fraction of sp³-hybridized carbons (Fsp3) is 0. The van der Waals surface area contributed by atoms with Gasteiger partial charge in [0.1, 0.15) is 0 Å². The van der Waals surface area contributed by atoms with E-state index >= 15 is 0 Å². The number of carbonyl (C=O) groups is 1. The molecule has 1 aromatic carbocycles. The van der Waals surface area contributed by atoms with Crippen LogP contribution in [0, 0.1) is 0 Å². The summed E-state index contributed by atoms with van der Waals surface area (Å²) < 4.78 is 5.75. The molecule has 0 aliphatic heterocycles. The zero-order valence-corrected chi connectivity index (χ0v) is 14.9. The molecule has 124 valence electrons. The van der Waals surface area contributed by atoms with Gasteiger partial charge in [-0.05, 0) is 30.3 Å². The molecule has 3 aromatic heterocycles. The number of halogens is 1. The van der Waals surface area contributed by atoms with Crippen LogP contribution in [0.5, 0.6) is 0 Å². The normalized spacial score (nSPS) is 10.9. The predicted molar refractivity (Wildman–Crippen MR) is 97.4 cm³/mol. The van der Waals surface area contributed by atoms with Crippen molar-refractivity contribution in [2.75, 3.05) is 5.32 Å². The van der Waals surface area contributed by atoms with Gasteiger partial charge in [0.2, 0.25) is 5.13 Å². The third kappa shape index (κ3) is 3.51. The Hall–Kier alpha value is -2.42. The van der Waals surface area contributed by atoms with Gasteiger partial charge in [-0.15, -0.1) is 10.2 Å². The van der Waals surface area contributed by atoms with Crippen molar-refractivity contribution in [3.8, 4) is 0 Å². The average molecular weight is 389 g/mol. The SMILES string of the molecule is O=C(Nc1nnc(Sc2ccnc3cc(Cl)ccc23)s1)c1ccco1. The Morgan fingerprint density at radius 3 is 3.00 bits per heavy atom. The van der Waals surface area contributed by atoms with Gasteiger partial charge in [0.25, 0.3) is 5.91 Å². The molecule has 1 amide bonds. The Morgan fingerprint density at radius 1 is 1.24 bits per heavy atom. The summed E-state index contributed by atoms with van der Waals surface area (Å²) in [5, 5.41) is 12.8. The summed E-state index contributed by atoms with van der Waals surface area (Å²) in [5.74, 6) is -0.136. The molecular weight excluding hydrogens is 380 g/mol. The topological polar surface area (TPSA) is 80.9 Å². The van der Waals surface area contributed by atoms with E-state index in [4.69, 9.17) is 16.0 Å². The largest absolute Gasteiger partial charge is 0.459 e. The van der Waals surface area contributed by atoms with Crippen LogP contribution in [0.3, 0.4) is 0 Å². The van der Waals surface area contributed by atoms with Gasteiger partial charge in [-0.2, -0.15) is 0 Å². The van der Waals surface area contributed by atoms with Gasteiger partial charge in [-0.3, -0.25) is 15.1 Å². The first-order chi connectivity index (χ1) is 12.2. The number of hydrogen-bond acceptors (Lipinski definition) is 7. The molecule has 0 fully saturated rings. The second-order valence-corrected chi connectivity index (χ2v) is 7.58. The zero-order valence-electron chi connectivity index (χ0n) is 12.5. The van der Waals surface area contributed by atoms with Gasteiger partial charge >= 0.3 is 0 Å². The van der Waals surface area contributed by atoms with Crippen molar-refractivity contribution in [3.05, 3.63) is 59.6 Å². The number of carbonyl (C=O) groups excluding carboxylic acids is 1. The second kappa shape index (κ2) is 6.83. The van der Waals surface area contributed by atoms with Crippen molar-refractivity contribution in [2.24, 2.45) is 0 Å². The summed E-state index contributed by atoms with van der Waals surface area (Å²) in [7, 11) is 0. The van der Waals surface area contributed by atoms with Crippen LogP contribution in [0.15, 0.2) is 62.5 Å². The second-order valence-electron chi connectivity index (χ2n) is 4.88. The van der Waals surface area contributed by atoms with E-state index in [1.165, 1.54) is 29.4 Å². The van der Waals surface area contributed by atoms with E-state index in [1.807, 2.05) is 24.3 Å². The molecule has 0 bridgehead atoms. The molecule has 0 unspecified atom stereocenters. The van der Waals surface area contributed by atoms with Crippen molar-refractivity contribution in [3.63, 3.8) is 0 Å². The summed E-state index contributed by atoms with van der Waals surface area (Å²) in [6, 6.07) is 10.7. The van der Waals surface area contributed by atoms with Gasteiger partial charge in [0.15, 0.2) is 10.1 Å². The number of aromatic nitrogens is 3. The Morgan fingerprint density at radius 2 is 2.16 bits per heavy atom. The number of nitrogens with one attached hydrogen (secondary N) is 1. The number of pyridine rings is 1. The fourth-order valence-electron chi connectivity index (χ4n) is 2.15. The zero-order chi connectivity index (χ0) is 17.2. The minimum atomic E-state index is -0.360. The Labute approximate surface area is 155 Å². The lowest BCUT2D eigenvalue weighted by atomic mass is 10.2. The van der Waals surface area contributed by atoms with Crippen molar-refractivity contribution in [2.45, 2.75) is 9.24 Å². The summed E-state index contributed by atoms with van der Waals surface area (Å²) in [5.41, 5.74) is 0.813. The molecule has 0 saturated carbocycles. The Balaban J connectivity index is 1.54. The molecule has 0 aliphatic carbocycles. The average Bonchev–Trinajstić information content (AvgIpc) is 3.27. The molecular formula is C16H9ClN4O2S2. The van der Waals surface area contributed by atoms with Crippen LogP contribution in [-0.4, -0.2) is 21.1 Å². The van der Waals surface area contributed by atoms with E-state index in [1.54, 1.807) is 18.3 Å². The molecule has 0 aliphatic rings. The number of hydrogen-bond donors (Lipinski definition) is 1. The summed E-state index contributed by atoms with van der Waals surface area (Å²) in [4.78, 5) is 17.3. The van der Waals surface area contributed by atoms with Gasteiger partial charge in [0.05, 0.1) is 11.8 Å². The Kier molecular flexibility index (Phi) is 4.39. The number of nitrogens with zero attached hydrogens (tertiary/aromatic N) is 3. The van der Waals surface area contributed by atoms with Crippen LogP contribution in [0.4, 0.5) is 5.13 Å². The summed E-state index contributed by atoms with van der Waals surface area (Å²) in [6.07, 6.45) is 3.17. The summed E-state index contributed by atoms with van der Waals surface area (Å²) >= 11 is 8.75. The maximum atomic E-state index is 12.0. The quantitative estimate of drug-likeness (QED) is 0.509. The van der Waals surface area contributed by atoms with E-state index in [2.05, 4.69) is 20.5 Å². The van der Waals surface area contributed by atoms with Crippen LogP contribution >= 0.6 is 34.7 Å². The third-order valence-electron chi connectivity index (χ3n) is 3.23. The molecule has 6 nitrogen and oxygen atoms in total. The maximum absolute atomic E-state index is 12.0. The van der Waals surface area contributed by atoms with Crippen LogP contribution in [0.2, 0.25) is 5.02 Å². The highest BCUT2D eigenvalue weighted by Gasteiger charge is 2.13. The number of amides is 1. The van der Waals surface area contributed by atoms with Crippen LogP contribution in [-0.2, 0) is 0 Å². The highest BCUT2D eigenvalue weighted by atomic mass is 35.5. The number of rotatable bonds is 4. The van der Waals surface area contributed by atoms with Crippen LogP contribution in [0.25, 0.3) is 10.9 Å². The highest BCUT2D eigenvalue weighted by Crippen LogP contribution is 2.36. The van der Waals surface area contributed by atoms with Crippen molar-refractivity contribution in [1.82, 2.24) is 15.2 Å². The Bertz CT molecular complexity index is 1050. The van der Waals surface area contributed by atoms with E-state index in [0.717, 1.165) is 15.8 Å². The van der Waals surface area contributed by atoms with Crippen LogP contribution in [0.1, 0.15) is 10.6 Å². The molecule has 4 rings (SSSR count). The van der Waals surface area contributed by atoms with Gasteiger partial charge in [-0.1, -0.05) is 40.8 Å². The minimum Gasteiger partial charge on any atom is -0.459 e. The number of furan rings is 1. The van der Waals surface area contributed by atoms with Gasteiger partial charge < -0.3 is 4.42 Å². The molecule has 9 heteroatoms. The molecule has 3 heterocycles. The fourth-order valence-corrected chi connectivity index (χ4v) is 4.14. The van der Waals surface area contributed by atoms with E-state index in [-0.39, 0.29) is 11.7 Å². The first kappa shape index (κ1) is 16.1. The van der Waals surface area contributed by atoms with Crippen molar-refractivity contribution >= 4 is 56.6 Å². The molecule has 1 N–H and O–H groups in total. The van der Waals surface area contributed by atoms with E-state index in [9.17, 15) is 4.79 Å². The maximum Gasteiger partial charge on any atom is 0.293 e. The smallest absolute Gasteiger partial charge is 0.293 e. The molecule has 0 radical (unpaired) electrons. The molecule has 25 heavy (non-hydrogen) atoms. The lowest BCUT2D eigenvalue weighted by molar-refractivity contribution is 0.0996. The van der Waals surface area contributed by atoms with E-state index < -0.39 is 0 Å². The monoisotopic (exact) mass is 388 g/mol. The number of anilines is 1. The molecule has 4 aromatic rings. The standard InChI is InChI=1S/C16H9ClN4O2S2/c17-9-3-4-10-11(8-9)18-6-5-13(10)24-16-21-20-15(25-16)19-14(22)12-2-1-7-23-12/h1-8H,(H,19,20,22). The first-order valence-electron chi connectivity index (χ1n) is 7.09. The molecule has 0 saturated heterocycles. The first-order valence-corrected chi connectivity index (χ1v) is 9.10. The lowest BCUT2D eigenvalue weighted by Gasteiger charge is -2.03. The lowest BCUT2D eigenvalue weighted by Crippen LogP contribution is -2.10. The van der Waals surface area contributed by atoms with Gasteiger partial charge in [0, 0.05) is 21.5 Å². The van der Waals surface area contributed by atoms with Crippen molar-refractivity contribution < 1.29 is 9.21 Å². The van der Waals surface area contributed by atoms with Gasteiger partial charge in [-0.25, -0.2) is 0 Å². The number of benzene rings is 1.